The van der Waals surface area contributed by atoms with Crippen molar-refractivity contribution < 1.29 is 14.1 Å². The lowest BCUT2D eigenvalue weighted by atomic mass is 9.94. The maximum Gasteiger partial charge on any atom is 0.245 e. The van der Waals surface area contributed by atoms with Gasteiger partial charge in [0.15, 0.2) is 5.82 Å². The molecule has 7 heteroatoms. The van der Waals surface area contributed by atoms with Crippen LogP contribution in [0.5, 0.6) is 0 Å². The molecule has 1 saturated heterocycles. The van der Waals surface area contributed by atoms with Gasteiger partial charge in [-0.25, -0.2) is 0 Å². The van der Waals surface area contributed by atoms with E-state index >= 15 is 0 Å². The highest BCUT2D eigenvalue weighted by molar-refractivity contribution is 5.94. The van der Waals surface area contributed by atoms with Crippen molar-refractivity contribution >= 4 is 17.6 Å². The van der Waals surface area contributed by atoms with E-state index < -0.39 is 5.41 Å². The Labute approximate surface area is 143 Å². The van der Waals surface area contributed by atoms with Crippen LogP contribution in [0.3, 0.4) is 0 Å². The van der Waals surface area contributed by atoms with E-state index in [-0.39, 0.29) is 18.4 Å². The Kier molecular flexibility index (Phi) is 6.36. The summed E-state index contributed by atoms with van der Waals surface area (Å²) in [4.78, 5) is 28.9. The highest BCUT2D eigenvalue weighted by atomic mass is 16.5. The number of likely N-dealkylation sites (tertiary alicyclic amines) is 1. The fraction of sp³-hybridized carbons (Fsp3) is 0.706. The number of anilines is 1. The van der Waals surface area contributed by atoms with E-state index in [0.29, 0.717) is 12.4 Å². The second-order valence-electron chi connectivity index (χ2n) is 7.31. The smallest absolute Gasteiger partial charge is 0.245 e. The predicted octanol–water partition coefficient (Wildman–Crippen LogP) is 1.97. The second-order valence-corrected chi connectivity index (χ2v) is 7.31. The van der Waals surface area contributed by atoms with Gasteiger partial charge >= 0.3 is 0 Å². The molecule has 0 saturated carbocycles. The number of nitrogens with one attached hydrogen (secondary N) is 1. The number of hydrogen-bond donors (Lipinski definition) is 1. The van der Waals surface area contributed by atoms with Crippen LogP contribution in [-0.2, 0) is 9.59 Å². The van der Waals surface area contributed by atoms with Gasteiger partial charge < -0.3 is 19.6 Å². The van der Waals surface area contributed by atoms with Crippen LogP contribution < -0.4 is 5.32 Å². The fourth-order valence-electron chi connectivity index (χ4n) is 2.80. The zero-order valence-electron chi connectivity index (χ0n) is 14.9. The maximum atomic E-state index is 12.7. The largest absolute Gasteiger partial charge is 0.363 e. The van der Waals surface area contributed by atoms with Gasteiger partial charge in [0.1, 0.15) is 6.26 Å². The van der Waals surface area contributed by atoms with Crippen molar-refractivity contribution in [3.63, 3.8) is 0 Å². The topological polar surface area (TPSA) is 78.7 Å². The normalized spacial score (nSPS) is 16.0. The van der Waals surface area contributed by atoms with E-state index in [2.05, 4.69) is 15.4 Å². The molecule has 0 aromatic carbocycles. The summed E-state index contributed by atoms with van der Waals surface area (Å²) in [5, 5.41) is 6.30. The van der Waals surface area contributed by atoms with Crippen LogP contribution in [0.25, 0.3) is 0 Å². The molecule has 0 aliphatic carbocycles. The Bertz CT molecular complexity index is 531. The van der Waals surface area contributed by atoms with Crippen LogP contribution in [0, 0.1) is 5.41 Å². The summed E-state index contributed by atoms with van der Waals surface area (Å²) in [5.41, 5.74) is -0.518. The van der Waals surface area contributed by atoms with E-state index in [9.17, 15) is 9.59 Å². The Morgan fingerprint density at radius 3 is 2.58 bits per heavy atom. The van der Waals surface area contributed by atoms with Gasteiger partial charge in [-0.3, -0.25) is 9.59 Å². The molecule has 1 aliphatic rings. The molecule has 0 bridgehead atoms. The lowest BCUT2D eigenvalue weighted by molar-refractivity contribution is -0.142. The van der Waals surface area contributed by atoms with Crippen molar-refractivity contribution in [2.75, 3.05) is 38.0 Å². The standard InChI is InChI=1S/C17H28N4O3/c1-17(2,3)16(23)21(11-10-20-8-5-4-6-9-20)13-15(22)18-14-7-12-24-19-14/h7,12H,4-6,8-11,13H2,1-3H3,(H,18,19,22). The fourth-order valence-corrected chi connectivity index (χ4v) is 2.80. The summed E-state index contributed by atoms with van der Waals surface area (Å²) in [6.45, 7) is 9.15. The van der Waals surface area contributed by atoms with Crippen molar-refractivity contribution in [1.82, 2.24) is 15.0 Å². The van der Waals surface area contributed by atoms with E-state index in [4.69, 9.17) is 4.52 Å². The number of piperidine rings is 1. The molecule has 0 unspecified atom stereocenters. The van der Waals surface area contributed by atoms with Crippen LogP contribution in [0.1, 0.15) is 40.0 Å². The van der Waals surface area contributed by atoms with Gasteiger partial charge in [0, 0.05) is 24.6 Å². The third kappa shape index (κ3) is 5.63. The van der Waals surface area contributed by atoms with Crippen molar-refractivity contribution in [1.29, 1.82) is 0 Å². The first kappa shape index (κ1) is 18.4. The van der Waals surface area contributed by atoms with Crippen molar-refractivity contribution in [2.45, 2.75) is 40.0 Å². The van der Waals surface area contributed by atoms with Gasteiger partial charge in [-0.1, -0.05) is 32.3 Å². The van der Waals surface area contributed by atoms with Crippen LogP contribution in [0.15, 0.2) is 16.9 Å². The number of hydrogen-bond acceptors (Lipinski definition) is 5. The molecule has 1 aromatic heterocycles. The SMILES string of the molecule is CC(C)(C)C(=O)N(CCN1CCCCC1)CC(=O)Nc1ccon1. The zero-order valence-corrected chi connectivity index (χ0v) is 14.9. The molecule has 7 nitrogen and oxygen atoms in total. The molecule has 2 rings (SSSR count). The third-order valence-electron chi connectivity index (χ3n) is 4.10. The van der Waals surface area contributed by atoms with Crippen molar-refractivity contribution in [2.24, 2.45) is 5.41 Å². The number of aromatic nitrogens is 1. The summed E-state index contributed by atoms with van der Waals surface area (Å²) in [6.07, 6.45) is 5.09. The molecule has 1 aliphatic heterocycles. The van der Waals surface area contributed by atoms with Crippen molar-refractivity contribution in [3.8, 4) is 0 Å². The molecule has 2 heterocycles. The average molecular weight is 336 g/mol. The van der Waals surface area contributed by atoms with Gasteiger partial charge in [0.05, 0.1) is 6.54 Å². The summed E-state index contributed by atoms with van der Waals surface area (Å²) >= 11 is 0. The number of carbonyl (C=O) groups is 2. The molecule has 0 spiro atoms. The molecule has 0 atom stereocenters. The number of rotatable bonds is 6. The van der Waals surface area contributed by atoms with Gasteiger partial charge in [0.2, 0.25) is 11.8 Å². The minimum absolute atomic E-state index is 0.0187. The van der Waals surface area contributed by atoms with E-state index in [0.717, 1.165) is 19.6 Å². The molecular weight excluding hydrogens is 308 g/mol. The summed E-state index contributed by atoms with van der Waals surface area (Å²) < 4.78 is 4.70. The molecule has 0 radical (unpaired) electrons. The van der Waals surface area contributed by atoms with E-state index in [1.54, 1.807) is 11.0 Å². The van der Waals surface area contributed by atoms with Gasteiger partial charge in [-0.15, -0.1) is 0 Å². The molecule has 1 fully saturated rings. The maximum absolute atomic E-state index is 12.7. The van der Waals surface area contributed by atoms with Crippen molar-refractivity contribution in [3.05, 3.63) is 12.3 Å². The highest BCUT2D eigenvalue weighted by Gasteiger charge is 2.29. The first-order chi connectivity index (χ1) is 11.4. The zero-order chi connectivity index (χ0) is 17.6. The molecule has 134 valence electrons. The van der Waals surface area contributed by atoms with Gasteiger partial charge in [-0.2, -0.15) is 0 Å². The molecule has 1 N–H and O–H groups in total. The van der Waals surface area contributed by atoms with Crippen LogP contribution in [0.2, 0.25) is 0 Å². The van der Waals surface area contributed by atoms with Gasteiger partial charge in [-0.05, 0) is 25.9 Å². The highest BCUT2D eigenvalue weighted by Crippen LogP contribution is 2.18. The summed E-state index contributed by atoms with van der Waals surface area (Å²) in [7, 11) is 0. The minimum Gasteiger partial charge on any atom is -0.363 e. The van der Waals surface area contributed by atoms with Gasteiger partial charge in [0.25, 0.3) is 0 Å². The monoisotopic (exact) mass is 336 g/mol. The molecule has 24 heavy (non-hydrogen) atoms. The molecular formula is C17H28N4O3. The Balaban J connectivity index is 1.93. The summed E-state index contributed by atoms with van der Waals surface area (Å²) in [6, 6.07) is 1.57. The minimum atomic E-state index is -0.518. The Morgan fingerprint density at radius 1 is 1.29 bits per heavy atom. The average Bonchev–Trinajstić information content (AvgIpc) is 3.03. The van der Waals surface area contributed by atoms with Crippen LogP contribution in [0.4, 0.5) is 5.82 Å². The quantitative estimate of drug-likeness (QED) is 0.859. The lowest BCUT2D eigenvalue weighted by Crippen LogP contribution is -2.47. The molecule has 1 aromatic rings. The number of amides is 2. The Morgan fingerprint density at radius 2 is 2.00 bits per heavy atom. The van der Waals surface area contributed by atoms with Crippen LogP contribution >= 0.6 is 0 Å². The van der Waals surface area contributed by atoms with E-state index in [1.807, 2.05) is 20.8 Å². The second kappa shape index (κ2) is 8.28. The molecule has 2 amide bonds. The number of nitrogens with zero attached hydrogens (tertiary/aromatic N) is 3. The first-order valence-electron chi connectivity index (χ1n) is 8.58. The van der Waals surface area contributed by atoms with E-state index in [1.165, 1.54) is 25.5 Å². The first-order valence-corrected chi connectivity index (χ1v) is 8.58. The summed E-state index contributed by atoms with van der Waals surface area (Å²) in [5.74, 6) is 0.0779. The Hall–Kier alpha value is -1.89. The third-order valence-corrected chi connectivity index (χ3v) is 4.10. The lowest BCUT2D eigenvalue weighted by Gasteiger charge is -2.32. The number of carbonyl (C=O) groups excluding carboxylic acids is 2. The van der Waals surface area contributed by atoms with Crippen LogP contribution in [-0.4, -0.2) is 59.5 Å². The predicted molar refractivity (Wildman–Crippen MR) is 91.5 cm³/mol.